The molecule has 0 heterocycles. The predicted octanol–water partition coefficient (Wildman–Crippen LogP) is 16.4. The molecule has 338 valence electrons. The monoisotopic (exact) mass is 807 g/mol. The Kier molecular flexibility index (Phi) is 45.8. The molecule has 0 saturated heterocycles. The lowest BCUT2D eigenvalue weighted by Gasteiger charge is -2.18. The molecule has 0 fully saturated rings. The Morgan fingerprint density at radius 1 is 0.281 bits per heavy atom. The topological polar surface area (TPSA) is 78.9 Å². The number of unbranched alkanes of at least 4 members (excludes halogenated alkanes) is 36. The highest BCUT2D eigenvalue weighted by Gasteiger charge is 2.19. The zero-order valence-corrected chi connectivity index (χ0v) is 38.6. The van der Waals surface area contributed by atoms with E-state index >= 15 is 0 Å². The van der Waals surface area contributed by atoms with Crippen molar-refractivity contribution in [1.82, 2.24) is 0 Å². The van der Waals surface area contributed by atoms with E-state index in [2.05, 4.69) is 20.8 Å². The summed E-state index contributed by atoms with van der Waals surface area (Å²) in [5.41, 5.74) is 0. The molecule has 0 saturated carbocycles. The molecule has 0 rings (SSSR count). The highest BCUT2D eigenvalue weighted by atomic mass is 16.6. The molecule has 0 N–H and O–H groups in total. The van der Waals surface area contributed by atoms with Crippen LogP contribution in [0.15, 0.2) is 0 Å². The fraction of sp³-hybridized carbons (Fsp3) is 0.941. The van der Waals surface area contributed by atoms with Crippen molar-refractivity contribution in [1.29, 1.82) is 0 Å². The Bertz CT molecular complexity index is 844. The standard InChI is InChI=1S/C51H98O6/c1-4-7-10-13-16-19-21-23-24-25-26-28-30-33-35-38-41-44-50(53)56-47-48(57-51(54)45-42-39-36-31-18-15-12-9-6-3)46-55-49(52)43-40-37-34-32-29-27-22-20-17-14-11-8-5-2/h48H,4-47H2,1-3H3/t48-/m1/s1. The first-order valence-corrected chi connectivity index (χ1v) is 25.5. The zero-order valence-electron chi connectivity index (χ0n) is 38.6. The minimum absolute atomic E-state index is 0.0622. The number of esters is 3. The van der Waals surface area contributed by atoms with Gasteiger partial charge in [-0.25, -0.2) is 0 Å². The van der Waals surface area contributed by atoms with Gasteiger partial charge in [0.25, 0.3) is 0 Å². The van der Waals surface area contributed by atoms with Gasteiger partial charge in [-0.2, -0.15) is 0 Å². The molecule has 0 aliphatic heterocycles. The molecule has 1 atom stereocenters. The molecule has 6 nitrogen and oxygen atoms in total. The Morgan fingerprint density at radius 2 is 0.474 bits per heavy atom. The zero-order chi connectivity index (χ0) is 41.5. The van der Waals surface area contributed by atoms with Gasteiger partial charge in [-0.15, -0.1) is 0 Å². The third kappa shape index (κ3) is 45.3. The third-order valence-corrected chi connectivity index (χ3v) is 11.6. The molecule has 0 aromatic rings. The Balaban J connectivity index is 4.22. The van der Waals surface area contributed by atoms with Crippen molar-refractivity contribution in [2.24, 2.45) is 0 Å². The Labute approximate surface area is 355 Å². The van der Waals surface area contributed by atoms with Gasteiger partial charge < -0.3 is 14.2 Å². The smallest absolute Gasteiger partial charge is 0.306 e. The van der Waals surface area contributed by atoms with Gasteiger partial charge in [-0.1, -0.05) is 252 Å². The van der Waals surface area contributed by atoms with Crippen molar-refractivity contribution in [2.45, 2.75) is 297 Å². The first-order chi connectivity index (χ1) is 28.0. The van der Waals surface area contributed by atoms with Crippen molar-refractivity contribution in [3.05, 3.63) is 0 Å². The first-order valence-electron chi connectivity index (χ1n) is 25.5. The highest BCUT2D eigenvalue weighted by molar-refractivity contribution is 5.71. The fourth-order valence-corrected chi connectivity index (χ4v) is 7.74. The van der Waals surface area contributed by atoms with Gasteiger partial charge in [0.2, 0.25) is 0 Å². The average molecular weight is 807 g/mol. The van der Waals surface area contributed by atoms with Crippen LogP contribution in [0.2, 0.25) is 0 Å². The van der Waals surface area contributed by atoms with Gasteiger partial charge in [0.1, 0.15) is 13.2 Å². The lowest BCUT2D eigenvalue weighted by Crippen LogP contribution is -2.30. The molecule has 0 aliphatic carbocycles. The van der Waals surface area contributed by atoms with Gasteiger partial charge in [-0.05, 0) is 19.3 Å². The van der Waals surface area contributed by atoms with E-state index in [4.69, 9.17) is 14.2 Å². The van der Waals surface area contributed by atoms with Crippen molar-refractivity contribution in [2.75, 3.05) is 13.2 Å². The predicted molar refractivity (Wildman–Crippen MR) is 243 cm³/mol. The van der Waals surface area contributed by atoms with E-state index in [0.717, 1.165) is 57.8 Å². The van der Waals surface area contributed by atoms with E-state index in [1.165, 1.54) is 193 Å². The van der Waals surface area contributed by atoms with Crippen LogP contribution in [0.4, 0.5) is 0 Å². The molecule has 0 aromatic carbocycles. The van der Waals surface area contributed by atoms with Crippen molar-refractivity contribution in [3.8, 4) is 0 Å². The van der Waals surface area contributed by atoms with E-state index in [1.54, 1.807) is 0 Å². The summed E-state index contributed by atoms with van der Waals surface area (Å²) in [4.78, 5) is 37.8. The minimum Gasteiger partial charge on any atom is -0.462 e. The summed E-state index contributed by atoms with van der Waals surface area (Å²) in [6, 6.07) is 0. The maximum atomic E-state index is 12.7. The molecule has 0 spiro atoms. The van der Waals surface area contributed by atoms with E-state index in [1.807, 2.05) is 0 Å². The largest absolute Gasteiger partial charge is 0.462 e. The summed E-state index contributed by atoms with van der Waals surface area (Å²) in [5.74, 6) is -0.846. The Hall–Kier alpha value is -1.59. The lowest BCUT2D eigenvalue weighted by molar-refractivity contribution is -0.167. The minimum atomic E-state index is -0.758. The SMILES string of the molecule is CCCCCCCCCCCCCCCCCCCC(=O)OC[C@@H](COC(=O)CCCCCCCCCCCCCCC)OC(=O)CCCCCCCCCCC. The van der Waals surface area contributed by atoms with E-state index in [9.17, 15) is 14.4 Å². The first kappa shape index (κ1) is 55.4. The van der Waals surface area contributed by atoms with Crippen molar-refractivity contribution in [3.63, 3.8) is 0 Å². The summed E-state index contributed by atoms with van der Waals surface area (Å²) >= 11 is 0. The van der Waals surface area contributed by atoms with Crippen LogP contribution >= 0.6 is 0 Å². The molecular weight excluding hydrogens is 709 g/mol. The molecule has 57 heavy (non-hydrogen) atoms. The summed E-state index contributed by atoms with van der Waals surface area (Å²) < 4.78 is 16.8. The fourth-order valence-electron chi connectivity index (χ4n) is 7.74. The molecule has 6 heteroatoms. The van der Waals surface area contributed by atoms with Gasteiger partial charge in [0.05, 0.1) is 0 Å². The van der Waals surface area contributed by atoms with Gasteiger partial charge >= 0.3 is 17.9 Å². The van der Waals surface area contributed by atoms with Crippen molar-refractivity contribution >= 4 is 17.9 Å². The number of hydrogen-bond acceptors (Lipinski definition) is 6. The van der Waals surface area contributed by atoms with Gasteiger partial charge in [-0.3, -0.25) is 14.4 Å². The van der Waals surface area contributed by atoms with Crippen LogP contribution in [-0.4, -0.2) is 37.2 Å². The van der Waals surface area contributed by atoms with E-state index < -0.39 is 6.10 Å². The van der Waals surface area contributed by atoms with Gasteiger partial charge in [0, 0.05) is 19.3 Å². The number of ether oxygens (including phenoxy) is 3. The summed E-state index contributed by atoms with van der Waals surface area (Å²) in [6.07, 6.45) is 49.4. The maximum absolute atomic E-state index is 12.7. The second-order valence-corrected chi connectivity index (χ2v) is 17.5. The maximum Gasteiger partial charge on any atom is 0.306 e. The summed E-state index contributed by atoms with van der Waals surface area (Å²) in [6.45, 7) is 6.66. The molecule has 0 unspecified atom stereocenters. The van der Waals surface area contributed by atoms with Crippen LogP contribution < -0.4 is 0 Å². The summed E-state index contributed by atoms with van der Waals surface area (Å²) in [5, 5.41) is 0. The Morgan fingerprint density at radius 3 is 0.702 bits per heavy atom. The third-order valence-electron chi connectivity index (χ3n) is 11.6. The molecule has 0 aromatic heterocycles. The van der Waals surface area contributed by atoms with Crippen LogP contribution in [0.5, 0.6) is 0 Å². The molecule has 0 aliphatic rings. The average Bonchev–Trinajstić information content (AvgIpc) is 3.21. The van der Waals surface area contributed by atoms with Crippen LogP contribution in [0.1, 0.15) is 290 Å². The normalized spacial score (nSPS) is 11.8. The van der Waals surface area contributed by atoms with Crippen LogP contribution in [0, 0.1) is 0 Å². The second-order valence-electron chi connectivity index (χ2n) is 17.5. The second kappa shape index (κ2) is 47.1. The molecule has 0 amide bonds. The van der Waals surface area contributed by atoms with Gasteiger partial charge in [0.15, 0.2) is 6.10 Å². The van der Waals surface area contributed by atoms with Crippen molar-refractivity contribution < 1.29 is 28.6 Å². The van der Waals surface area contributed by atoms with Crippen LogP contribution in [0.25, 0.3) is 0 Å². The molecule has 0 radical (unpaired) electrons. The highest BCUT2D eigenvalue weighted by Crippen LogP contribution is 2.17. The molecule has 0 bridgehead atoms. The number of hydrogen-bond donors (Lipinski definition) is 0. The number of carbonyl (C=O) groups excluding carboxylic acids is 3. The van der Waals surface area contributed by atoms with E-state index in [-0.39, 0.29) is 31.1 Å². The number of carbonyl (C=O) groups is 3. The quantitative estimate of drug-likeness (QED) is 0.0346. The molecular formula is C51H98O6. The van der Waals surface area contributed by atoms with Crippen LogP contribution in [0.3, 0.4) is 0 Å². The van der Waals surface area contributed by atoms with E-state index in [0.29, 0.717) is 19.3 Å². The number of rotatable bonds is 47. The lowest BCUT2D eigenvalue weighted by atomic mass is 10.0. The van der Waals surface area contributed by atoms with Crippen LogP contribution in [-0.2, 0) is 28.6 Å². The summed E-state index contributed by atoms with van der Waals surface area (Å²) in [7, 11) is 0.